The molecule has 1 N–H and O–H groups in total. The largest absolute Gasteiger partial charge is 0.496 e. The van der Waals surface area contributed by atoms with Crippen molar-refractivity contribution in [2.45, 2.75) is 6.54 Å². The summed E-state index contributed by atoms with van der Waals surface area (Å²) in [5.41, 5.74) is 4.80. The van der Waals surface area contributed by atoms with Crippen molar-refractivity contribution in [1.82, 2.24) is 20.4 Å². The molecule has 1 aromatic heterocycles. The van der Waals surface area contributed by atoms with E-state index < -0.39 is 0 Å². The number of rotatable bonds is 5. The standard InChI is InChI=1S/C16H15N5O2/c1-23-15-9-5-2-6-12(15)10-17-19-16(22)11-21-14-8-4-3-7-13(14)18-20-21/h2-10H,11H2,1H3,(H,19,22)/b17-10+. The Kier molecular flexibility index (Phi) is 4.28. The van der Waals surface area contributed by atoms with Gasteiger partial charge in [0, 0.05) is 5.56 Å². The maximum absolute atomic E-state index is 12.0. The number of hydrogen-bond donors (Lipinski definition) is 1. The first kappa shape index (κ1) is 14.7. The van der Waals surface area contributed by atoms with Crippen LogP contribution in [0.25, 0.3) is 11.0 Å². The van der Waals surface area contributed by atoms with Gasteiger partial charge in [-0.1, -0.05) is 29.5 Å². The summed E-state index contributed by atoms with van der Waals surface area (Å²) >= 11 is 0. The van der Waals surface area contributed by atoms with Crippen molar-refractivity contribution in [3.8, 4) is 5.75 Å². The minimum atomic E-state index is -0.285. The van der Waals surface area contributed by atoms with Gasteiger partial charge in [0.1, 0.15) is 17.8 Å². The van der Waals surface area contributed by atoms with Gasteiger partial charge in [-0.15, -0.1) is 5.10 Å². The number of benzene rings is 2. The van der Waals surface area contributed by atoms with Crippen LogP contribution in [0.1, 0.15) is 5.56 Å². The van der Waals surface area contributed by atoms with Crippen molar-refractivity contribution in [3.63, 3.8) is 0 Å². The Morgan fingerprint density at radius 2 is 2.04 bits per heavy atom. The maximum atomic E-state index is 12.0. The van der Waals surface area contributed by atoms with Crippen molar-refractivity contribution in [3.05, 3.63) is 54.1 Å². The molecular weight excluding hydrogens is 294 g/mol. The summed E-state index contributed by atoms with van der Waals surface area (Å²) < 4.78 is 6.74. The predicted octanol–water partition coefficient (Wildman–Crippen LogP) is 1.59. The van der Waals surface area contributed by atoms with Crippen LogP contribution >= 0.6 is 0 Å². The SMILES string of the molecule is COc1ccccc1/C=N/NC(=O)Cn1nnc2ccccc21. The Morgan fingerprint density at radius 3 is 2.91 bits per heavy atom. The molecule has 0 fully saturated rings. The van der Waals surface area contributed by atoms with Gasteiger partial charge in [-0.3, -0.25) is 4.79 Å². The van der Waals surface area contributed by atoms with E-state index in [0.717, 1.165) is 16.6 Å². The Morgan fingerprint density at radius 1 is 1.26 bits per heavy atom. The molecule has 0 atom stereocenters. The van der Waals surface area contributed by atoms with Crippen LogP contribution in [0.15, 0.2) is 53.6 Å². The Labute approximate surface area is 132 Å². The highest BCUT2D eigenvalue weighted by atomic mass is 16.5. The fourth-order valence-corrected chi connectivity index (χ4v) is 2.15. The average Bonchev–Trinajstić information content (AvgIpc) is 2.98. The quantitative estimate of drug-likeness (QED) is 0.573. The van der Waals surface area contributed by atoms with Crippen LogP contribution < -0.4 is 10.2 Å². The number of hydrogen-bond acceptors (Lipinski definition) is 5. The van der Waals surface area contributed by atoms with Gasteiger partial charge in [-0.25, -0.2) is 10.1 Å². The van der Waals surface area contributed by atoms with Gasteiger partial charge in [0.2, 0.25) is 0 Å². The summed E-state index contributed by atoms with van der Waals surface area (Å²) in [6, 6.07) is 14.9. The summed E-state index contributed by atoms with van der Waals surface area (Å²) in [5.74, 6) is 0.402. The second kappa shape index (κ2) is 6.69. The molecule has 2 aromatic carbocycles. The van der Waals surface area contributed by atoms with Gasteiger partial charge >= 0.3 is 0 Å². The molecule has 23 heavy (non-hydrogen) atoms. The fraction of sp³-hybridized carbons (Fsp3) is 0.125. The molecule has 7 heteroatoms. The van der Waals surface area contributed by atoms with E-state index in [1.807, 2.05) is 48.5 Å². The predicted molar refractivity (Wildman–Crippen MR) is 86.3 cm³/mol. The van der Waals surface area contributed by atoms with Gasteiger partial charge in [0.25, 0.3) is 5.91 Å². The smallest absolute Gasteiger partial charge is 0.261 e. The zero-order valence-electron chi connectivity index (χ0n) is 12.5. The summed E-state index contributed by atoms with van der Waals surface area (Å²) in [6.45, 7) is 0.0454. The van der Waals surface area contributed by atoms with E-state index in [4.69, 9.17) is 4.74 Å². The number of aromatic nitrogens is 3. The zero-order valence-corrected chi connectivity index (χ0v) is 12.5. The van der Waals surface area contributed by atoms with Gasteiger partial charge in [0.05, 0.1) is 18.8 Å². The molecule has 0 aliphatic rings. The van der Waals surface area contributed by atoms with E-state index in [1.165, 1.54) is 10.9 Å². The number of nitrogens with zero attached hydrogens (tertiary/aromatic N) is 4. The number of amides is 1. The van der Waals surface area contributed by atoms with Crippen molar-refractivity contribution in [1.29, 1.82) is 0 Å². The van der Waals surface area contributed by atoms with Crippen LogP contribution in [0.2, 0.25) is 0 Å². The molecular formula is C16H15N5O2. The molecule has 0 bridgehead atoms. The van der Waals surface area contributed by atoms with Crippen LogP contribution in [0, 0.1) is 0 Å². The molecule has 1 heterocycles. The van der Waals surface area contributed by atoms with Crippen molar-refractivity contribution >= 4 is 23.2 Å². The van der Waals surface area contributed by atoms with E-state index in [2.05, 4.69) is 20.8 Å². The highest BCUT2D eigenvalue weighted by molar-refractivity contribution is 5.85. The second-order valence-electron chi connectivity index (χ2n) is 4.77. The lowest BCUT2D eigenvalue weighted by atomic mass is 10.2. The monoisotopic (exact) mass is 309 g/mol. The Hall–Kier alpha value is -3.22. The number of hydrazone groups is 1. The zero-order chi connectivity index (χ0) is 16.1. The molecule has 0 radical (unpaired) electrons. The maximum Gasteiger partial charge on any atom is 0.261 e. The first-order chi connectivity index (χ1) is 11.3. The minimum absolute atomic E-state index is 0.0454. The van der Waals surface area contributed by atoms with Gasteiger partial charge in [-0.05, 0) is 24.3 Å². The van der Waals surface area contributed by atoms with Crippen molar-refractivity contribution in [2.24, 2.45) is 5.10 Å². The number of fused-ring (bicyclic) bond motifs is 1. The molecule has 3 rings (SSSR count). The number of methoxy groups -OCH3 is 1. The molecule has 116 valence electrons. The lowest BCUT2D eigenvalue weighted by Gasteiger charge is -2.03. The first-order valence-corrected chi connectivity index (χ1v) is 7.01. The van der Waals surface area contributed by atoms with Gasteiger partial charge in [0.15, 0.2) is 0 Å². The van der Waals surface area contributed by atoms with E-state index in [9.17, 15) is 4.79 Å². The third-order valence-electron chi connectivity index (χ3n) is 3.25. The van der Waals surface area contributed by atoms with E-state index in [0.29, 0.717) is 5.75 Å². The second-order valence-corrected chi connectivity index (χ2v) is 4.77. The van der Waals surface area contributed by atoms with Gasteiger partial charge in [-0.2, -0.15) is 5.10 Å². The number of ether oxygens (including phenoxy) is 1. The molecule has 0 aliphatic carbocycles. The third kappa shape index (κ3) is 3.34. The molecule has 0 saturated carbocycles. The van der Waals surface area contributed by atoms with Gasteiger partial charge < -0.3 is 4.74 Å². The lowest BCUT2D eigenvalue weighted by molar-refractivity contribution is -0.121. The third-order valence-corrected chi connectivity index (χ3v) is 3.25. The summed E-state index contributed by atoms with van der Waals surface area (Å²) in [7, 11) is 1.58. The van der Waals surface area contributed by atoms with Crippen molar-refractivity contribution < 1.29 is 9.53 Å². The van der Waals surface area contributed by atoms with Crippen LogP contribution in [-0.4, -0.2) is 34.2 Å². The molecule has 0 unspecified atom stereocenters. The minimum Gasteiger partial charge on any atom is -0.496 e. The summed E-state index contributed by atoms with van der Waals surface area (Å²) in [6.07, 6.45) is 1.54. The highest BCUT2D eigenvalue weighted by Gasteiger charge is 2.07. The number of carbonyl (C=O) groups excluding carboxylic acids is 1. The van der Waals surface area contributed by atoms with Crippen LogP contribution in [0.4, 0.5) is 0 Å². The molecule has 0 aliphatic heterocycles. The molecule has 0 saturated heterocycles. The van der Waals surface area contributed by atoms with Crippen LogP contribution in [-0.2, 0) is 11.3 Å². The van der Waals surface area contributed by atoms with E-state index in [1.54, 1.807) is 7.11 Å². The number of para-hydroxylation sites is 2. The number of carbonyl (C=O) groups is 1. The topological polar surface area (TPSA) is 81.4 Å². The van der Waals surface area contributed by atoms with Crippen LogP contribution in [0.5, 0.6) is 5.75 Å². The fourth-order valence-electron chi connectivity index (χ4n) is 2.15. The highest BCUT2D eigenvalue weighted by Crippen LogP contribution is 2.14. The lowest BCUT2D eigenvalue weighted by Crippen LogP contribution is -2.23. The summed E-state index contributed by atoms with van der Waals surface area (Å²) in [4.78, 5) is 12.0. The Balaban J connectivity index is 1.65. The first-order valence-electron chi connectivity index (χ1n) is 7.01. The summed E-state index contributed by atoms with van der Waals surface area (Å²) in [5, 5.41) is 11.9. The molecule has 1 amide bonds. The van der Waals surface area contributed by atoms with Crippen LogP contribution in [0.3, 0.4) is 0 Å². The molecule has 3 aromatic rings. The van der Waals surface area contributed by atoms with E-state index >= 15 is 0 Å². The van der Waals surface area contributed by atoms with Crippen molar-refractivity contribution in [2.75, 3.05) is 7.11 Å². The number of nitrogens with one attached hydrogen (secondary N) is 1. The normalized spacial score (nSPS) is 11.0. The molecule has 0 spiro atoms. The molecule has 7 nitrogen and oxygen atoms in total. The Bertz CT molecular complexity index is 856. The average molecular weight is 309 g/mol. The van der Waals surface area contributed by atoms with E-state index in [-0.39, 0.29) is 12.5 Å².